The summed E-state index contributed by atoms with van der Waals surface area (Å²) in [6, 6.07) is 9.01. The number of anilines is 1. The molecule has 0 bridgehead atoms. The Hall–Kier alpha value is -4.29. The minimum atomic E-state index is -2.67. The van der Waals surface area contributed by atoms with Gasteiger partial charge in [-0.15, -0.1) is 0 Å². The lowest BCUT2D eigenvalue weighted by Crippen LogP contribution is -2.51. The van der Waals surface area contributed by atoms with Gasteiger partial charge in [0.05, 0.1) is 35.4 Å². The van der Waals surface area contributed by atoms with E-state index in [4.69, 9.17) is 13.9 Å². The minimum absolute atomic E-state index is 0.0285. The molecule has 1 saturated carbocycles. The maximum Gasteiger partial charge on any atom is 0.309 e. The van der Waals surface area contributed by atoms with Gasteiger partial charge < -0.3 is 18.8 Å². The summed E-state index contributed by atoms with van der Waals surface area (Å²) in [7, 11) is -1.33. The molecule has 12 heteroatoms. The number of benzene rings is 1. The molecule has 1 aromatic carbocycles. The second-order valence-corrected chi connectivity index (χ2v) is 21.6. The summed E-state index contributed by atoms with van der Waals surface area (Å²) in [6.45, 7) is 15.9. The highest BCUT2D eigenvalue weighted by atomic mass is 28.4. The van der Waals surface area contributed by atoms with Gasteiger partial charge in [0, 0.05) is 78.9 Å². The highest BCUT2D eigenvalue weighted by Crippen LogP contribution is 2.59. The molecule has 3 aliphatic rings. The predicted octanol–water partition coefficient (Wildman–Crippen LogP) is 8.35. The van der Waals surface area contributed by atoms with Crippen LogP contribution >= 0.6 is 0 Å². The van der Waals surface area contributed by atoms with Crippen molar-refractivity contribution < 1.29 is 32.3 Å². The molecule has 280 valence electrons. The number of hydrogen-bond donors (Lipinski definition) is 0. The van der Waals surface area contributed by atoms with Crippen molar-refractivity contribution in [2.75, 3.05) is 25.1 Å². The molecule has 4 aromatic rings. The quantitative estimate of drug-likeness (QED) is 0.100. The van der Waals surface area contributed by atoms with Crippen molar-refractivity contribution in [2.24, 2.45) is 17.8 Å². The van der Waals surface area contributed by atoms with E-state index in [2.05, 4.69) is 47.2 Å². The molecule has 5 atom stereocenters. The summed E-state index contributed by atoms with van der Waals surface area (Å²) < 4.78 is 48.1. The third-order valence-electron chi connectivity index (χ3n) is 11.4. The number of aromatic nitrogens is 3. The lowest BCUT2D eigenvalue weighted by atomic mass is 9.80. The van der Waals surface area contributed by atoms with E-state index in [1.54, 1.807) is 24.5 Å². The van der Waals surface area contributed by atoms with Crippen LogP contribution in [0.2, 0.25) is 17.1 Å². The Balaban J connectivity index is 1.19. The summed E-state index contributed by atoms with van der Waals surface area (Å²) in [5.74, 6) is -1.21. The van der Waals surface area contributed by atoms with E-state index >= 15 is 0 Å². The highest BCUT2D eigenvalue weighted by molar-refractivity contribution is 6.80. The molecule has 0 spiro atoms. The van der Waals surface area contributed by atoms with Crippen molar-refractivity contribution in [1.82, 2.24) is 15.0 Å². The fraction of sp³-hybridized carbons (Fsp3) is 0.488. The Labute approximate surface area is 310 Å². The number of rotatable bonds is 8. The fourth-order valence-corrected chi connectivity index (χ4v) is 12.2. The van der Waals surface area contributed by atoms with Gasteiger partial charge in [-0.2, -0.15) is 0 Å². The minimum Gasteiger partial charge on any atom is -0.497 e. The van der Waals surface area contributed by atoms with E-state index in [0.29, 0.717) is 23.5 Å². The third kappa shape index (κ3) is 7.07. The number of piperidine rings is 1. The first-order valence-electron chi connectivity index (χ1n) is 18.4. The van der Waals surface area contributed by atoms with Crippen molar-refractivity contribution in [2.45, 2.75) is 89.6 Å². The Kier molecular flexibility index (Phi) is 9.46. The molecule has 3 aromatic heterocycles. The number of carbonyl (C=O) groups excluding carboxylic acids is 2. The maximum absolute atomic E-state index is 14.9. The number of ether oxygens (including phenoxy) is 2. The first-order valence-corrected chi connectivity index (χ1v) is 20.9. The van der Waals surface area contributed by atoms with Gasteiger partial charge in [0.1, 0.15) is 28.7 Å². The molecule has 2 unspecified atom stereocenters. The molecule has 0 amide bonds. The molecule has 2 saturated heterocycles. The van der Waals surface area contributed by atoms with Crippen molar-refractivity contribution in [3.05, 3.63) is 77.9 Å². The molecule has 1 aliphatic carbocycles. The molecular formula is C41H48F2N4O5Si. The first kappa shape index (κ1) is 37.0. The molecule has 7 rings (SSSR count). The number of nitrogens with zero attached hydrogens (tertiary/aromatic N) is 4. The third-order valence-corrected chi connectivity index (χ3v) is 17.0. The summed E-state index contributed by atoms with van der Waals surface area (Å²) in [6.07, 6.45) is 7.14. The zero-order valence-electron chi connectivity index (χ0n) is 31.7. The van der Waals surface area contributed by atoms with Crippen LogP contribution in [0, 0.1) is 29.4 Å². The van der Waals surface area contributed by atoms with Gasteiger partial charge in [-0.3, -0.25) is 19.6 Å². The van der Waals surface area contributed by atoms with Crippen molar-refractivity contribution >= 4 is 36.8 Å². The monoisotopic (exact) mass is 742 g/mol. The highest BCUT2D eigenvalue weighted by Gasteiger charge is 2.66. The Morgan fingerprint density at radius 2 is 1.66 bits per heavy atom. The van der Waals surface area contributed by atoms with Gasteiger partial charge >= 0.3 is 5.97 Å². The molecule has 53 heavy (non-hydrogen) atoms. The van der Waals surface area contributed by atoms with Crippen LogP contribution in [0.5, 0.6) is 5.75 Å². The second kappa shape index (κ2) is 13.5. The van der Waals surface area contributed by atoms with Crippen LogP contribution in [0.15, 0.2) is 55.0 Å². The molecule has 9 nitrogen and oxygen atoms in total. The molecule has 0 N–H and O–H groups in total. The van der Waals surface area contributed by atoms with Crippen LogP contribution in [0.4, 0.5) is 14.5 Å². The molecule has 3 fully saturated rings. The maximum atomic E-state index is 14.9. The van der Waals surface area contributed by atoms with Crippen molar-refractivity contribution in [1.29, 1.82) is 0 Å². The number of hydrogen-bond acceptors (Lipinski definition) is 9. The normalized spacial score (nSPS) is 24.6. The van der Waals surface area contributed by atoms with Gasteiger partial charge in [0.2, 0.25) is 8.32 Å². The fourth-order valence-electron chi connectivity index (χ4n) is 8.26. The summed E-state index contributed by atoms with van der Waals surface area (Å²) in [5, 5.41) is -0.195. The Morgan fingerprint density at radius 3 is 2.30 bits per heavy atom. The van der Waals surface area contributed by atoms with Crippen LogP contribution in [0.1, 0.15) is 70.4 Å². The molecular weight excluding hydrogens is 695 g/mol. The summed E-state index contributed by atoms with van der Waals surface area (Å²) in [4.78, 5) is 43.8. The van der Waals surface area contributed by atoms with Gasteiger partial charge in [-0.25, -0.2) is 13.8 Å². The summed E-state index contributed by atoms with van der Waals surface area (Å²) in [5.41, 5.74) is 1.67. The average molecular weight is 743 g/mol. The lowest BCUT2D eigenvalue weighted by Gasteiger charge is -2.43. The lowest BCUT2D eigenvalue weighted by molar-refractivity contribution is -0.156. The van der Waals surface area contributed by atoms with Crippen LogP contribution in [0.3, 0.4) is 0 Å². The topological polar surface area (TPSA) is 104 Å². The molecule has 5 heterocycles. The zero-order chi connectivity index (χ0) is 38.0. The van der Waals surface area contributed by atoms with Crippen LogP contribution in [-0.2, 0) is 20.4 Å². The largest absolute Gasteiger partial charge is 0.497 e. The standard InChI is InChI=1S/C41H48F2N4O5Si/c1-40(2,3)51-39(49)38-28-22-47(21-27(23-9-10-23)37(28)52-53(38,8)41(4,5)6)34-13-14-44-19-24(34)16-35(48)32-12-11-31-33(46-32)15-25(20-45-31)36-29(42)17-26(50-7)18-30(36)43/h11-15,17-20,23,27-28,37-38H,9-10,16,21-22H2,1-8H3/t27-,28-,37-,38?,53?/m1/s1. The Morgan fingerprint density at radius 1 is 0.962 bits per heavy atom. The van der Waals surface area contributed by atoms with Gasteiger partial charge in [0.25, 0.3) is 0 Å². The van der Waals surface area contributed by atoms with E-state index in [0.717, 1.165) is 42.8 Å². The van der Waals surface area contributed by atoms with E-state index in [1.165, 1.54) is 19.4 Å². The first-order chi connectivity index (χ1) is 25.0. The molecule has 0 radical (unpaired) electrons. The van der Waals surface area contributed by atoms with Crippen molar-refractivity contribution in [3.63, 3.8) is 0 Å². The van der Waals surface area contributed by atoms with Crippen LogP contribution in [-0.4, -0.2) is 66.9 Å². The van der Waals surface area contributed by atoms with Crippen LogP contribution < -0.4 is 9.64 Å². The Bertz CT molecular complexity index is 2060. The second-order valence-electron chi connectivity index (χ2n) is 17.0. The predicted molar refractivity (Wildman–Crippen MR) is 201 cm³/mol. The van der Waals surface area contributed by atoms with Gasteiger partial charge in [0.15, 0.2) is 5.78 Å². The number of fused-ring (bicyclic) bond motifs is 2. The number of esters is 1. The number of halogens is 2. The average Bonchev–Trinajstić information content (AvgIpc) is 3.88. The van der Waals surface area contributed by atoms with E-state index in [-0.39, 0.29) is 69.3 Å². The number of methoxy groups -OCH3 is 1. The number of ketones is 1. The van der Waals surface area contributed by atoms with Gasteiger partial charge in [-0.05, 0) is 75.4 Å². The van der Waals surface area contributed by atoms with Gasteiger partial charge in [-0.1, -0.05) is 20.8 Å². The smallest absolute Gasteiger partial charge is 0.309 e. The number of Topliss-reactive ketones (excluding diaryl/α,β-unsaturated/α-hetero) is 1. The summed E-state index contributed by atoms with van der Waals surface area (Å²) >= 11 is 0. The number of carbonyl (C=O) groups is 2. The molecule has 2 aliphatic heterocycles. The van der Waals surface area contributed by atoms with E-state index in [1.807, 2.05) is 26.8 Å². The van der Waals surface area contributed by atoms with E-state index in [9.17, 15) is 18.4 Å². The number of pyridine rings is 3. The van der Waals surface area contributed by atoms with Crippen LogP contribution in [0.25, 0.3) is 22.2 Å². The van der Waals surface area contributed by atoms with E-state index < -0.39 is 25.6 Å². The van der Waals surface area contributed by atoms with Crippen molar-refractivity contribution in [3.8, 4) is 16.9 Å². The SMILES string of the molecule is COc1cc(F)c(-c2cnc3ccc(C(=O)Cc4cnccc4N4C[C@H](C5CC5)[C@H]5O[Si](C)(C(C)(C)C)C(C(=O)OC(C)(C)C)[C@@H]5C4)nc3c2)c(F)c1. The zero-order valence-corrected chi connectivity index (χ0v) is 32.7.